The van der Waals surface area contributed by atoms with Gasteiger partial charge in [-0.2, -0.15) is 0 Å². The van der Waals surface area contributed by atoms with E-state index in [-0.39, 0.29) is 11.7 Å². The number of nitrogens with zero attached hydrogens (tertiary/aromatic N) is 2. The Balaban J connectivity index is 1.96. The predicted molar refractivity (Wildman–Crippen MR) is 102 cm³/mol. The molecule has 0 bridgehead atoms. The minimum Gasteiger partial charge on any atom is -0.294 e. The van der Waals surface area contributed by atoms with E-state index in [0.717, 1.165) is 55.5 Å². The fourth-order valence-electron chi connectivity index (χ4n) is 3.52. The molecule has 122 valence electrons. The first-order valence-electron chi connectivity index (χ1n) is 8.50. The van der Waals surface area contributed by atoms with Gasteiger partial charge in [-0.25, -0.2) is 4.98 Å². The fraction of sp³-hybridized carbons (Fsp3) is 0.190. The minimum atomic E-state index is 0.173. The second-order valence-electron chi connectivity index (χ2n) is 6.61. The lowest BCUT2D eigenvalue weighted by Gasteiger charge is -2.13. The van der Waals surface area contributed by atoms with Gasteiger partial charge in [-0.05, 0) is 31.4 Å². The average molecular weight is 344 g/mol. The summed E-state index contributed by atoms with van der Waals surface area (Å²) >= 11 is 1.64. The van der Waals surface area contributed by atoms with E-state index in [0.29, 0.717) is 0 Å². The Hall–Kier alpha value is -2.59. The molecule has 0 radical (unpaired) electrons. The molecule has 1 saturated carbocycles. The van der Waals surface area contributed by atoms with Crippen LogP contribution < -0.4 is 0 Å². The van der Waals surface area contributed by atoms with Crippen LogP contribution in [-0.2, 0) is 0 Å². The standard InChI is InChI=1S/C21H16N2OS/c1-12-17(20(24)14-7-8-14)18(13-5-3-2-4-6-13)19-15-9-10-22-11-16(15)25-21(19)23-12/h2-6,9-11,14H,7-8H2,1H3. The molecule has 3 heterocycles. The van der Waals surface area contributed by atoms with Crippen LogP contribution in [0.3, 0.4) is 0 Å². The maximum Gasteiger partial charge on any atom is 0.168 e. The summed E-state index contributed by atoms with van der Waals surface area (Å²) in [6.07, 6.45) is 5.69. The molecule has 25 heavy (non-hydrogen) atoms. The smallest absolute Gasteiger partial charge is 0.168 e. The number of hydrogen-bond donors (Lipinski definition) is 0. The first-order chi connectivity index (χ1) is 12.2. The zero-order valence-corrected chi connectivity index (χ0v) is 14.6. The van der Waals surface area contributed by atoms with Crippen molar-refractivity contribution in [3.05, 3.63) is 60.0 Å². The van der Waals surface area contributed by atoms with Gasteiger partial charge in [-0.3, -0.25) is 9.78 Å². The summed E-state index contributed by atoms with van der Waals surface area (Å²) in [5.74, 6) is 0.422. The summed E-state index contributed by atoms with van der Waals surface area (Å²) in [5.41, 5.74) is 3.76. The number of hydrogen-bond acceptors (Lipinski definition) is 4. The Morgan fingerprint density at radius 2 is 1.96 bits per heavy atom. The van der Waals surface area contributed by atoms with E-state index in [1.807, 2.05) is 43.6 Å². The largest absolute Gasteiger partial charge is 0.294 e. The zero-order chi connectivity index (χ0) is 17.0. The number of carbonyl (C=O) groups excluding carboxylic acids is 1. The number of thiophene rings is 1. The highest BCUT2D eigenvalue weighted by molar-refractivity contribution is 7.25. The van der Waals surface area contributed by atoms with Crippen molar-refractivity contribution >= 4 is 37.4 Å². The van der Waals surface area contributed by atoms with Gasteiger partial charge in [0.15, 0.2) is 5.78 Å². The summed E-state index contributed by atoms with van der Waals surface area (Å²) in [4.78, 5) is 23.1. The molecule has 3 aromatic heterocycles. The third-order valence-electron chi connectivity index (χ3n) is 4.86. The van der Waals surface area contributed by atoms with E-state index in [2.05, 4.69) is 17.1 Å². The third kappa shape index (κ3) is 2.29. The Labute approximate surface area is 149 Å². The number of ketones is 1. The van der Waals surface area contributed by atoms with Gasteiger partial charge in [-0.1, -0.05) is 30.3 Å². The van der Waals surface area contributed by atoms with Crippen molar-refractivity contribution in [1.29, 1.82) is 0 Å². The highest BCUT2D eigenvalue weighted by atomic mass is 32.1. The molecule has 5 rings (SSSR count). The lowest BCUT2D eigenvalue weighted by atomic mass is 9.91. The van der Waals surface area contributed by atoms with E-state index in [1.165, 1.54) is 0 Å². The summed E-state index contributed by atoms with van der Waals surface area (Å²) < 4.78 is 1.11. The van der Waals surface area contributed by atoms with Gasteiger partial charge in [0.05, 0.1) is 10.4 Å². The van der Waals surface area contributed by atoms with Gasteiger partial charge in [0.25, 0.3) is 0 Å². The van der Waals surface area contributed by atoms with Gasteiger partial charge in [0.2, 0.25) is 0 Å². The first kappa shape index (κ1) is 14.7. The molecule has 0 amide bonds. The molecule has 0 aliphatic heterocycles. The summed E-state index contributed by atoms with van der Waals surface area (Å²) in [7, 11) is 0. The first-order valence-corrected chi connectivity index (χ1v) is 9.32. The minimum absolute atomic E-state index is 0.173. The van der Waals surface area contributed by atoms with Crippen LogP contribution in [-0.4, -0.2) is 15.8 Å². The van der Waals surface area contributed by atoms with Crippen molar-refractivity contribution in [3.63, 3.8) is 0 Å². The van der Waals surface area contributed by atoms with Gasteiger partial charge >= 0.3 is 0 Å². The van der Waals surface area contributed by atoms with Crippen LogP contribution in [0.1, 0.15) is 28.9 Å². The number of aryl methyl sites for hydroxylation is 1. The van der Waals surface area contributed by atoms with Gasteiger partial charge in [0.1, 0.15) is 4.83 Å². The van der Waals surface area contributed by atoms with Crippen molar-refractivity contribution in [2.45, 2.75) is 19.8 Å². The molecule has 1 aliphatic rings. The van der Waals surface area contributed by atoms with Crippen LogP contribution in [0.15, 0.2) is 48.8 Å². The lowest BCUT2D eigenvalue weighted by molar-refractivity contribution is 0.0967. The molecular formula is C21H16N2OS. The average Bonchev–Trinajstić information content (AvgIpc) is 3.42. The molecule has 0 saturated heterocycles. The van der Waals surface area contributed by atoms with Gasteiger partial charge in [-0.15, -0.1) is 11.3 Å². The molecular weight excluding hydrogens is 328 g/mol. The Morgan fingerprint density at radius 3 is 2.72 bits per heavy atom. The Kier molecular flexibility index (Phi) is 3.22. The summed E-state index contributed by atoms with van der Waals surface area (Å²) in [5, 5.41) is 2.22. The Bertz CT molecular complexity index is 1130. The van der Waals surface area contributed by atoms with Crippen LogP contribution in [0, 0.1) is 12.8 Å². The van der Waals surface area contributed by atoms with Gasteiger partial charge < -0.3 is 0 Å². The Morgan fingerprint density at radius 1 is 1.16 bits per heavy atom. The highest BCUT2D eigenvalue weighted by Gasteiger charge is 2.34. The van der Waals surface area contributed by atoms with Crippen LogP contribution in [0.4, 0.5) is 0 Å². The molecule has 1 fully saturated rings. The van der Waals surface area contributed by atoms with Crippen molar-refractivity contribution in [1.82, 2.24) is 9.97 Å². The molecule has 0 spiro atoms. The number of benzene rings is 1. The van der Waals surface area contributed by atoms with Gasteiger partial charge in [0, 0.05) is 40.2 Å². The van der Waals surface area contributed by atoms with Crippen molar-refractivity contribution in [3.8, 4) is 11.1 Å². The number of Topliss-reactive ketones (excluding diaryl/α,β-unsaturated/α-hetero) is 1. The van der Waals surface area contributed by atoms with Crippen molar-refractivity contribution in [2.24, 2.45) is 5.92 Å². The number of rotatable bonds is 3. The topological polar surface area (TPSA) is 42.9 Å². The van der Waals surface area contributed by atoms with E-state index in [4.69, 9.17) is 4.98 Å². The number of pyridine rings is 2. The normalized spacial score (nSPS) is 14.3. The van der Waals surface area contributed by atoms with E-state index in [9.17, 15) is 4.79 Å². The van der Waals surface area contributed by atoms with Crippen LogP contribution in [0.5, 0.6) is 0 Å². The molecule has 0 unspecified atom stereocenters. The van der Waals surface area contributed by atoms with Crippen LogP contribution >= 0.6 is 11.3 Å². The van der Waals surface area contributed by atoms with Crippen molar-refractivity contribution < 1.29 is 4.79 Å². The molecule has 4 aromatic rings. The quantitative estimate of drug-likeness (QED) is 0.467. The van der Waals surface area contributed by atoms with Crippen molar-refractivity contribution in [2.75, 3.05) is 0 Å². The molecule has 0 atom stereocenters. The maximum absolute atomic E-state index is 13.1. The molecule has 3 nitrogen and oxygen atoms in total. The molecule has 0 N–H and O–H groups in total. The predicted octanol–water partition coefficient (Wildman–Crippen LogP) is 5.41. The second-order valence-corrected chi connectivity index (χ2v) is 7.64. The molecule has 4 heteroatoms. The van der Waals surface area contributed by atoms with E-state index < -0.39 is 0 Å². The SMILES string of the molecule is Cc1nc2sc3cnccc3c2c(-c2ccccc2)c1C(=O)C1CC1. The zero-order valence-electron chi connectivity index (χ0n) is 13.8. The van der Waals surface area contributed by atoms with Crippen LogP contribution in [0.25, 0.3) is 31.4 Å². The fourth-order valence-corrected chi connectivity index (χ4v) is 4.62. The molecule has 1 aliphatic carbocycles. The van der Waals surface area contributed by atoms with E-state index >= 15 is 0 Å². The lowest BCUT2D eigenvalue weighted by Crippen LogP contribution is -2.08. The summed E-state index contributed by atoms with van der Waals surface area (Å²) in [6.45, 7) is 1.96. The number of fused-ring (bicyclic) bond motifs is 3. The van der Waals surface area contributed by atoms with E-state index in [1.54, 1.807) is 11.3 Å². The third-order valence-corrected chi connectivity index (χ3v) is 5.90. The maximum atomic E-state index is 13.1. The number of carbonyl (C=O) groups is 1. The molecule has 1 aromatic carbocycles. The second kappa shape index (κ2) is 5.46. The van der Waals surface area contributed by atoms with Crippen LogP contribution in [0.2, 0.25) is 0 Å². The highest BCUT2D eigenvalue weighted by Crippen LogP contribution is 2.44. The number of aromatic nitrogens is 2. The monoisotopic (exact) mass is 344 g/mol. The summed E-state index contributed by atoms with van der Waals surface area (Å²) in [6, 6.07) is 12.3.